The van der Waals surface area contributed by atoms with Gasteiger partial charge in [-0.15, -0.1) is 10.2 Å². The smallest absolute Gasteiger partial charge is 0.269 e. The number of nitro benzene ring substituents is 1. The van der Waals surface area contributed by atoms with Gasteiger partial charge in [0.05, 0.1) is 16.5 Å². The van der Waals surface area contributed by atoms with Crippen LogP contribution < -0.4 is 4.72 Å². The third-order valence-corrected chi connectivity index (χ3v) is 8.44. The van der Waals surface area contributed by atoms with Gasteiger partial charge in [-0.05, 0) is 48.9 Å². The number of thioether (sulfide) groups is 1. The molecule has 0 saturated carbocycles. The Labute approximate surface area is 227 Å². The van der Waals surface area contributed by atoms with Gasteiger partial charge in [-0.25, -0.2) is 17.5 Å². The van der Waals surface area contributed by atoms with Crippen molar-refractivity contribution in [3.8, 4) is 5.69 Å². The number of aromatic nitrogens is 4. The molecule has 0 radical (unpaired) electrons. The minimum atomic E-state index is -4.03. The van der Waals surface area contributed by atoms with Crippen LogP contribution in [0.15, 0.2) is 95.1 Å². The van der Waals surface area contributed by atoms with E-state index < -0.39 is 21.0 Å². The molecule has 3 aromatic carbocycles. The van der Waals surface area contributed by atoms with E-state index >= 15 is 0 Å². The number of rotatable bonds is 9. The zero-order valence-corrected chi connectivity index (χ0v) is 22.1. The van der Waals surface area contributed by atoms with Gasteiger partial charge in [0.1, 0.15) is 10.7 Å². The van der Waals surface area contributed by atoms with Crippen molar-refractivity contribution in [2.75, 3.05) is 0 Å². The Morgan fingerprint density at radius 2 is 1.74 bits per heavy atom. The van der Waals surface area contributed by atoms with Crippen molar-refractivity contribution >= 4 is 38.4 Å². The van der Waals surface area contributed by atoms with E-state index in [1.807, 2.05) is 0 Å². The van der Waals surface area contributed by atoms with E-state index in [4.69, 9.17) is 0 Å². The molecule has 0 bridgehead atoms. The zero-order chi connectivity index (χ0) is 27.6. The van der Waals surface area contributed by atoms with Crippen LogP contribution in [0.4, 0.5) is 10.1 Å². The third-order valence-electron chi connectivity index (χ3n) is 5.86. The van der Waals surface area contributed by atoms with Crippen LogP contribution >= 0.6 is 11.8 Å². The van der Waals surface area contributed by atoms with Crippen LogP contribution in [0.2, 0.25) is 0 Å². The van der Waals surface area contributed by atoms with Crippen molar-refractivity contribution in [2.24, 2.45) is 0 Å². The number of nitrogens with one attached hydrogen (secondary N) is 1. The summed E-state index contributed by atoms with van der Waals surface area (Å²) < 4.78 is 44.5. The van der Waals surface area contributed by atoms with Gasteiger partial charge in [0.2, 0.25) is 10.0 Å². The molecule has 0 amide bonds. The lowest BCUT2D eigenvalue weighted by molar-refractivity contribution is -0.384. The first kappa shape index (κ1) is 26.4. The average Bonchev–Trinajstić information content (AvgIpc) is 3.36. The van der Waals surface area contributed by atoms with E-state index in [1.165, 1.54) is 48.3 Å². The van der Waals surface area contributed by atoms with E-state index in [-0.39, 0.29) is 22.2 Å². The molecule has 5 aromatic rings. The molecule has 0 aliphatic carbocycles. The van der Waals surface area contributed by atoms with E-state index in [1.54, 1.807) is 60.0 Å². The molecular weight excluding hydrogens is 543 g/mol. The summed E-state index contributed by atoms with van der Waals surface area (Å²) in [6, 6.07) is 19.4. The Morgan fingerprint density at radius 3 is 2.46 bits per heavy atom. The highest BCUT2D eigenvalue weighted by molar-refractivity contribution is 7.98. The molecule has 0 saturated heterocycles. The zero-order valence-electron chi connectivity index (χ0n) is 20.4. The van der Waals surface area contributed by atoms with Gasteiger partial charge in [0, 0.05) is 35.2 Å². The van der Waals surface area contributed by atoms with Crippen LogP contribution in [0.1, 0.15) is 24.4 Å². The molecule has 1 atom stereocenters. The van der Waals surface area contributed by atoms with E-state index in [9.17, 15) is 22.9 Å². The van der Waals surface area contributed by atoms with E-state index in [2.05, 4.69) is 19.9 Å². The fourth-order valence-corrected chi connectivity index (χ4v) is 6.29. The van der Waals surface area contributed by atoms with Crippen molar-refractivity contribution in [3.05, 3.63) is 112 Å². The summed E-state index contributed by atoms with van der Waals surface area (Å²) in [6.45, 7) is 1.64. The fourth-order valence-electron chi connectivity index (χ4n) is 3.99. The van der Waals surface area contributed by atoms with Gasteiger partial charge in [-0.2, -0.15) is 0 Å². The number of nitrogens with zero attached hydrogens (tertiary/aromatic N) is 5. The number of pyridine rings is 1. The maximum atomic E-state index is 13.4. The summed E-state index contributed by atoms with van der Waals surface area (Å²) in [5.74, 6) is 0.373. The van der Waals surface area contributed by atoms with Crippen molar-refractivity contribution in [3.63, 3.8) is 0 Å². The van der Waals surface area contributed by atoms with E-state index in [0.29, 0.717) is 27.5 Å². The van der Waals surface area contributed by atoms with Crippen LogP contribution in [0.25, 0.3) is 16.6 Å². The summed E-state index contributed by atoms with van der Waals surface area (Å²) in [5.41, 5.74) is 1.61. The Bertz CT molecular complexity index is 1750. The number of halogens is 1. The average molecular weight is 565 g/mol. The summed E-state index contributed by atoms with van der Waals surface area (Å²) in [4.78, 5) is 14.9. The maximum absolute atomic E-state index is 13.4. The molecule has 10 nitrogen and oxygen atoms in total. The van der Waals surface area contributed by atoms with Crippen molar-refractivity contribution in [1.29, 1.82) is 0 Å². The Morgan fingerprint density at radius 1 is 1.03 bits per heavy atom. The second-order valence-corrected chi connectivity index (χ2v) is 11.2. The summed E-state index contributed by atoms with van der Waals surface area (Å²) in [6.07, 6.45) is 1.53. The van der Waals surface area contributed by atoms with Crippen LogP contribution in [-0.4, -0.2) is 33.1 Å². The molecule has 1 unspecified atom stereocenters. The lowest BCUT2D eigenvalue weighted by Crippen LogP contribution is -2.29. The van der Waals surface area contributed by atoms with E-state index in [0.717, 1.165) is 5.56 Å². The molecule has 13 heteroatoms. The van der Waals surface area contributed by atoms with Crippen LogP contribution in [0.5, 0.6) is 0 Å². The lowest BCUT2D eigenvalue weighted by Gasteiger charge is -2.17. The molecule has 0 spiro atoms. The largest absolute Gasteiger partial charge is 0.273 e. The summed E-state index contributed by atoms with van der Waals surface area (Å²) in [7, 11) is -4.03. The van der Waals surface area contributed by atoms with Crippen LogP contribution in [0.3, 0.4) is 0 Å². The van der Waals surface area contributed by atoms with Crippen LogP contribution in [0, 0.1) is 15.9 Å². The Balaban J connectivity index is 1.50. The number of fused-ring (bicyclic) bond motifs is 1. The van der Waals surface area contributed by atoms with Gasteiger partial charge in [0.15, 0.2) is 11.0 Å². The maximum Gasteiger partial charge on any atom is 0.269 e. The topological polar surface area (TPSA) is 133 Å². The minimum Gasteiger partial charge on any atom is -0.273 e. The minimum absolute atomic E-state index is 0.0276. The molecule has 0 fully saturated rings. The number of para-hydroxylation sites is 1. The highest BCUT2D eigenvalue weighted by Gasteiger charge is 2.26. The molecule has 2 heterocycles. The molecule has 0 aliphatic rings. The second kappa shape index (κ2) is 10.9. The van der Waals surface area contributed by atoms with Crippen molar-refractivity contribution in [2.45, 2.75) is 28.8 Å². The first-order chi connectivity index (χ1) is 18.7. The molecular formula is C26H21FN6O4S2. The standard InChI is InChI=1S/C26H21FN6O4S2/c1-17(31-39(36,37)23-6-2-4-19-5-3-15-28-24(19)23)25-29-30-26(38-16-18-7-9-20(27)10-8-18)32(25)21-11-13-22(14-12-21)33(34)35/h2-15,17,31H,16H2,1H3. The molecule has 0 aliphatic heterocycles. The molecule has 39 heavy (non-hydrogen) atoms. The summed E-state index contributed by atoms with van der Waals surface area (Å²) in [5, 5.41) is 20.8. The predicted octanol–water partition coefficient (Wildman–Crippen LogP) is 5.19. The molecule has 1 N–H and O–H groups in total. The number of hydrogen-bond acceptors (Lipinski definition) is 8. The first-order valence-corrected chi connectivity index (χ1v) is 14.1. The number of nitro groups is 1. The second-order valence-electron chi connectivity index (χ2n) is 8.54. The number of non-ortho nitro benzene ring substituents is 1. The normalized spacial score (nSPS) is 12.5. The Hall–Kier alpha value is -4.20. The fraction of sp³-hybridized carbons (Fsp3) is 0.115. The highest BCUT2D eigenvalue weighted by atomic mass is 32.2. The molecule has 2 aromatic heterocycles. The number of sulfonamides is 1. The third kappa shape index (κ3) is 5.65. The van der Waals surface area contributed by atoms with Gasteiger partial charge in [0.25, 0.3) is 5.69 Å². The molecule has 5 rings (SSSR count). The predicted molar refractivity (Wildman–Crippen MR) is 144 cm³/mol. The monoisotopic (exact) mass is 564 g/mol. The SMILES string of the molecule is CC(NS(=O)(=O)c1cccc2cccnc12)c1nnc(SCc2ccc(F)cc2)n1-c1ccc([N+](=O)[O-])cc1. The first-order valence-electron chi connectivity index (χ1n) is 11.7. The van der Waals surface area contributed by atoms with Crippen molar-refractivity contribution in [1.82, 2.24) is 24.5 Å². The lowest BCUT2D eigenvalue weighted by atomic mass is 10.2. The summed E-state index contributed by atoms with van der Waals surface area (Å²) >= 11 is 1.31. The van der Waals surface area contributed by atoms with Gasteiger partial charge in [-0.1, -0.05) is 42.1 Å². The molecule has 198 valence electrons. The van der Waals surface area contributed by atoms with Crippen LogP contribution in [-0.2, 0) is 15.8 Å². The quantitative estimate of drug-likeness (QED) is 0.147. The van der Waals surface area contributed by atoms with Gasteiger partial charge >= 0.3 is 0 Å². The van der Waals surface area contributed by atoms with Crippen molar-refractivity contribution < 1.29 is 17.7 Å². The van der Waals surface area contributed by atoms with Gasteiger partial charge in [-0.3, -0.25) is 19.7 Å². The Kier molecular flexibility index (Phi) is 7.37. The number of hydrogen-bond donors (Lipinski definition) is 1. The van der Waals surface area contributed by atoms with Gasteiger partial charge < -0.3 is 0 Å². The highest BCUT2D eigenvalue weighted by Crippen LogP contribution is 2.30. The number of benzene rings is 3.